The molecule has 0 aliphatic carbocycles. The molecule has 121 valence electrons. The Hall–Kier alpha value is 0.697. The third-order valence-corrected chi connectivity index (χ3v) is 8.31. The number of hydrogen-bond donors (Lipinski definition) is 0. The number of hydrogen-bond acceptors (Lipinski definition) is 0. The molecule has 0 aliphatic heterocycles. The molecule has 1 radical (unpaired) electrons. The highest BCUT2D eigenvalue weighted by Crippen LogP contribution is 2.34. The summed E-state index contributed by atoms with van der Waals surface area (Å²) in [4.78, 5) is 0. The highest BCUT2D eigenvalue weighted by molar-refractivity contribution is 9.09. The van der Waals surface area contributed by atoms with Crippen molar-refractivity contribution in [2.45, 2.75) is 109 Å². The van der Waals surface area contributed by atoms with Crippen molar-refractivity contribution in [3.63, 3.8) is 0 Å². The van der Waals surface area contributed by atoms with Gasteiger partial charge in [-0.15, -0.1) is 0 Å². The van der Waals surface area contributed by atoms with Gasteiger partial charge in [0.25, 0.3) is 0 Å². The molecule has 0 aromatic rings. The van der Waals surface area contributed by atoms with Crippen LogP contribution in [0.25, 0.3) is 0 Å². The molecule has 0 heterocycles. The zero-order valence-electron chi connectivity index (χ0n) is 14.6. The lowest BCUT2D eigenvalue weighted by Gasteiger charge is -2.27. The van der Waals surface area contributed by atoms with Crippen LogP contribution in [-0.4, -0.2) is 14.1 Å². The predicted molar refractivity (Wildman–Crippen MR) is 101 cm³/mol. The van der Waals surface area contributed by atoms with Gasteiger partial charge in [0.05, 0.1) is 0 Å². The van der Waals surface area contributed by atoms with Crippen molar-refractivity contribution < 1.29 is 0 Å². The maximum Gasteiger partial charge on any atom is 0.0473 e. The van der Waals surface area contributed by atoms with E-state index in [0.29, 0.717) is 5.04 Å². The van der Waals surface area contributed by atoms with Gasteiger partial charge in [0, 0.05) is 14.1 Å². The fourth-order valence-electron chi connectivity index (χ4n) is 2.50. The SMILES string of the molecule is C[Si](C)C(C)(C)CCCCCCCCCCCCCBr. The molecule has 0 aromatic carbocycles. The van der Waals surface area contributed by atoms with Crippen LogP contribution in [0, 0.1) is 0 Å². The maximum atomic E-state index is 3.49. The molecule has 0 unspecified atom stereocenters. The Morgan fingerprint density at radius 2 is 1.00 bits per heavy atom. The van der Waals surface area contributed by atoms with E-state index in [1.807, 2.05) is 0 Å². The number of unbranched alkanes of at least 4 members (excludes halogenated alkanes) is 10. The molecule has 0 aliphatic rings. The summed E-state index contributed by atoms with van der Waals surface area (Å²) >= 11 is 3.49. The monoisotopic (exact) mass is 361 g/mol. The van der Waals surface area contributed by atoms with Gasteiger partial charge in [0.1, 0.15) is 0 Å². The molecule has 0 nitrogen and oxygen atoms in total. The molecular formula is C18H38BrSi. The van der Waals surface area contributed by atoms with Gasteiger partial charge in [-0.2, -0.15) is 0 Å². The van der Waals surface area contributed by atoms with Crippen LogP contribution in [0.2, 0.25) is 18.1 Å². The topological polar surface area (TPSA) is 0 Å². The molecule has 0 aromatic heterocycles. The van der Waals surface area contributed by atoms with Crippen molar-refractivity contribution >= 4 is 24.7 Å². The van der Waals surface area contributed by atoms with Gasteiger partial charge in [-0.25, -0.2) is 0 Å². The third kappa shape index (κ3) is 12.4. The molecule has 0 spiro atoms. The summed E-state index contributed by atoms with van der Waals surface area (Å²) in [6.07, 6.45) is 17.4. The van der Waals surface area contributed by atoms with Gasteiger partial charge in [0.15, 0.2) is 0 Å². The molecule has 0 saturated heterocycles. The summed E-state index contributed by atoms with van der Waals surface area (Å²) < 4.78 is 0. The fraction of sp³-hybridized carbons (Fsp3) is 1.00. The largest absolute Gasteiger partial charge is 0.0928 e. The Bertz CT molecular complexity index is 202. The van der Waals surface area contributed by atoms with Crippen LogP contribution < -0.4 is 0 Å². The first-order chi connectivity index (χ1) is 9.50. The van der Waals surface area contributed by atoms with E-state index in [0.717, 1.165) is 0 Å². The summed E-state index contributed by atoms with van der Waals surface area (Å²) in [5.41, 5.74) is 0. The highest BCUT2D eigenvalue weighted by Gasteiger charge is 2.22. The van der Waals surface area contributed by atoms with Crippen LogP contribution in [0.15, 0.2) is 0 Å². The second kappa shape index (κ2) is 13.4. The van der Waals surface area contributed by atoms with E-state index in [4.69, 9.17) is 0 Å². The van der Waals surface area contributed by atoms with Crippen LogP contribution in [0.5, 0.6) is 0 Å². The molecule has 0 rings (SSSR count). The fourth-order valence-corrected chi connectivity index (χ4v) is 3.58. The average molecular weight is 362 g/mol. The van der Waals surface area contributed by atoms with Gasteiger partial charge >= 0.3 is 0 Å². The molecule has 0 atom stereocenters. The van der Waals surface area contributed by atoms with Gasteiger partial charge in [-0.05, 0) is 11.5 Å². The van der Waals surface area contributed by atoms with Crippen molar-refractivity contribution in [1.82, 2.24) is 0 Å². The molecule has 0 N–H and O–H groups in total. The lowest BCUT2D eigenvalue weighted by atomic mass is 10.0. The van der Waals surface area contributed by atoms with E-state index in [2.05, 4.69) is 42.9 Å². The van der Waals surface area contributed by atoms with Gasteiger partial charge in [-0.1, -0.05) is 114 Å². The Labute approximate surface area is 139 Å². The zero-order chi connectivity index (χ0) is 15.3. The lowest BCUT2D eigenvalue weighted by molar-refractivity contribution is 0.509. The molecule has 2 heteroatoms. The average Bonchev–Trinajstić information content (AvgIpc) is 2.39. The highest BCUT2D eigenvalue weighted by atomic mass is 79.9. The Balaban J connectivity index is 3.17. The molecule has 0 saturated carbocycles. The summed E-state index contributed by atoms with van der Waals surface area (Å²) in [6.45, 7) is 9.86. The molecule has 0 bridgehead atoms. The molecular weight excluding hydrogens is 324 g/mol. The first-order valence-electron chi connectivity index (χ1n) is 8.87. The van der Waals surface area contributed by atoms with Gasteiger partial charge < -0.3 is 0 Å². The quantitative estimate of drug-likeness (QED) is 0.169. The van der Waals surface area contributed by atoms with E-state index >= 15 is 0 Å². The predicted octanol–water partition coefficient (Wildman–Crippen LogP) is 7.60. The summed E-state index contributed by atoms with van der Waals surface area (Å²) in [5.74, 6) is 0. The van der Waals surface area contributed by atoms with Crippen molar-refractivity contribution in [2.24, 2.45) is 0 Å². The van der Waals surface area contributed by atoms with E-state index in [1.54, 1.807) is 0 Å². The van der Waals surface area contributed by atoms with E-state index in [9.17, 15) is 0 Å². The summed E-state index contributed by atoms with van der Waals surface area (Å²) in [5, 5.41) is 1.82. The number of halogens is 1. The zero-order valence-corrected chi connectivity index (χ0v) is 17.2. The van der Waals surface area contributed by atoms with Crippen LogP contribution in [0.4, 0.5) is 0 Å². The van der Waals surface area contributed by atoms with Crippen LogP contribution in [0.1, 0.15) is 90.9 Å². The van der Waals surface area contributed by atoms with Crippen LogP contribution in [0.3, 0.4) is 0 Å². The standard InChI is InChI=1S/C18H38BrSi/c1-18(2,20(3)4)16-14-12-10-8-6-5-7-9-11-13-15-17-19/h5-17H2,1-4H3. The van der Waals surface area contributed by atoms with Crippen LogP contribution in [-0.2, 0) is 0 Å². The molecule has 0 fully saturated rings. The minimum absolute atomic E-state index is 0.128. The minimum Gasteiger partial charge on any atom is -0.0928 e. The first-order valence-corrected chi connectivity index (χ1v) is 12.5. The summed E-state index contributed by atoms with van der Waals surface area (Å²) in [7, 11) is -0.128. The number of rotatable bonds is 14. The lowest BCUT2D eigenvalue weighted by Crippen LogP contribution is -2.20. The Morgan fingerprint density at radius 3 is 1.35 bits per heavy atom. The second-order valence-electron chi connectivity index (χ2n) is 7.21. The normalized spacial score (nSPS) is 12.3. The maximum absolute atomic E-state index is 3.49. The second-order valence-corrected chi connectivity index (χ2v) is 11.4. The minimum atomic E-state index is -0.128. The van der Waals surface area contributed by atoms with Gasteiger partial charge in [0.2, 0.25) is 0 Å². The Kier molecular flexibility index (Phi) is 13.8. The molecule has 20 heavy (non-hydrogen) atoms. The van der Waals surface area contributed by atoms with Crippen molar-refractivity contribution in [3.05, 3.63) is 0 Å². The number of alkyl halides is 1. The van der Waals surface area contributed by atoms with E-state index in [-0.39, 0.29) is 8.80 Å². The van der Waals surface area contributed by atoms with Crippen LogP contribution >= 0.6 is 15.9 Å². The Morgan fingerprint density at radius 1 is 0.650 bits per heavy atom. The van der Waals surface area contributed by atoms with E-state index in [1.165, 1.54) is 82.4 Å². The smallest absolute Gasteiger partial charge is 0.0473 e. The molecule has 0 amide bonds. The van der Waals surface area contributed by atoms with Crippen molar-refractivity contribution in [1.29, 1.82) is 0 Å². The van der Waals surface area contributed by atoms with Crippen molar-refractivity contribution in [3.8, 4) is 0 Å². The first kappa shape index (κ1) is 20.7. The van der Waals surface area contributed by atoms with E-state index < -0.39 is 0 Å². The van der Waals surface area contributed by atoms with Gasteiger partial charge in [-0.3, -0.25) is 0 Å². The summed E-state index contributed by atoms with van der Waals surface area (Å²) in [6, 6.07) is 0. The van der Waals surface area contributed by atoms with Crippen molar-refractivity contribution in [2.75, 3.05) is 5.33 Å². The third-order valence-electron chi connectivity index (χ3n) is 4.79.